The molecular formula is C48H59N3O11. The Balaban J connectivity index is 1.58. The third kappa shape index (κ3) is 10.4. The van der Waals surface area contributed by atoms with E-state index in [0.29, 0.717) is 47.8 Å². The predicted octanol–water partition coefficient (Wildman–Crippen LogP) is 9.54. The Morgan fingerprint density at radius 1 is 1.02 bits per heavy atom. The van der Waals surface area contributed by atoms with E-state index in [4.69, 9.17) is 28.9 Å². The highest BCUT2D eigenvalue weighted by Gasteiger charge is 2.65. The number of rotatable bonds is 20. The molecule has 3 aromatic carbocycles. The molecule has 0 spiro atoms. The normalized spacial score (nSPS) is 23.2. The summed E-state index contributed by atoms with van der Waals surface area (Å²) >= 11 is 0. The van der Waals surface area contributed by atoms with Gasteiger partial charge >= 0.3 is 6.09 Å². The number of unbranched alkanes of at least 4 members (excludes halogenated alkanes) is 2. The number of amides is 1. The van der Waals surface area contributed by atoms with E-state index in [-0.39, 0.29) is 62.0 Å². The van der Waals surface area contributed by atoms with Crippen molar-refractivity contribution >= 4 is 23.8 Å². The van der Waals surface area contributed by atoms with Gasteiger partial charge < -0.3 is 34.0 Å². The SMILES string of the molecule is C=CCO[C@@]12Oc3ccc(Oc4cccc(C=O)c4)cc3[C@H]3[C@H](CCCCO)[C@@H](CCCCO)C=C(C(=NOC(C)(C)C)C[C@@H]1N(CCC)C(=O)Oc1ccc([N+](=O)[O-])cc1)[C@H]32. The second-order valence-electron chi connectivity index (χ2n) is 17.1. The number of carbonyl (C=O) groups excluding carboxylic acids is 2. The first-order valence-electron chi connectivity index (χ1n) is 21.6. The van der Waals surface area contributed by atoms with E-state index in [2.05, 4.69) is 12.7 Å². The molecule has 6 atom stereocenters. The second-order valence-corrected chi connectivity index (χ2v) is 17.1. The number of aliphatic hydroxyl groups is 2. The van der Waals surface area contributed by atoms with Gasteiger partial charge in [-0.1, -0.05) is 49.2 Å². The molecule has 62 heavy (non-hydrogen) atoms. The minimum Gasteiger partial charge on any atom is -0.459 e. The Hall–Kier alpha value is -5.57. The molecule has 1 amide bonds. The molecule has 2 aliphatic carbocycles. The zero-order chi connectivity index (χ0) is 44.4. The molecule has 0 bridgehead atoms. The van der Waals surface area contributed by atoms with Gasteiger partial charge in [-0.3, -0.25) is 19.8 Å². The molecule has 0 unspecified atom stereocenters. The standard InChI is InChI=1S/C48H59N3O11/c1-6-23-50(46(55)60-35-19-17-34(18-20-35)51(56)57)43-30-41(49-62-47(3,4)5)39-28-33(14-8-10-24-52)38(16-9-11-25-53)44-40-29-37(59-36-15-12-13-32(27-36)31-54)21-22-42(40)61-48(43,45(39)44)58-26-7-2/h7,12-13,15,17-22,27-29,31,33,38,43-45,52-53H,2,6,8-11,14,16,23-26,30H2,1,3-5H3/t33-,38+,43-,44+,45+,48+/m0/s1. The van der Waals surface area contributed by atoms with Crippen molar-refractivity contribution in [1.82, 2.24) is 4.90 Å². The number of carbonyl (C=O) groups is 2. The van der Waals surface area contributed by atoms with Crippen LogP contribution in [0.2, 0.25) is 0 Å². The Bertz CT molecular complexity index is 2110. The molecule has 0 radical (unpaired) electrons. The first-order chi connectivity index (χ1) is 29.9. The summed E-state index contributed by atoms with van der Waals surface area (Å²) in [6.07, 6.45) is 9.01. The number of nitrogens with zero attached hydrogens (tertiary/aromatic N) is 3. The van der Waals surface area contributed by atoms with Crippen LogP contribution >= 0.6 is 0 Å². The van der Waals surface area contributed by atoms with Gasteiger partial charge in [-0.2, -0.15) is 0 Å². The molecule has 0 saturated heterocycles. The first-order valence-corrected chi connectivity index (χ1v) is 21.6. The number of nitro groups is 1. The lowest BCUT2D eigenvalue weighted by molar-refractivity contribution is -0.384. The summed E-state index contributed by atoms with van der Waals surface area (Å²) in [6.45, 7) is 12.1. The monoisotopic (exact) mass is 853 g/mol. The molecule has 3 aliphatic rings. The fourth-order valence-electron chi connectivity index (χ4n) is 9.10. The maximum Gasteiger partial charge on any atom is 0.415 e. The third-order valence-corrected chi connectivity index (χ3v) is 11.6. The van der Waals surface area contributed by atoms with Crippen LogP contribution in [0.5, 0.6) is 23.0 Å². The van der Waals surface area contributed by atoms with Crippen molar-refractivity contribution in [2.45, 2.75) is 102 Å². The van der Waals surface area contributed by atoms with E-state index >= 15 is 0 Å². The molecule has 0 aromatic heterocycles. The molecule has 1 fully saturated rings. The Labute approximate surface area is 363 Å². The maximum absolute atomic E-state index is 14.6. The summed E-state index contributed by atoms with van der Waals surface area (Å²) < 4.78 is 26.7. The van der Waals surface area contributed by atoms with Crippen LogP contribution in [0.4, 0.5) is 10.5 Å². The number of aliphatic hydroxyl groups excluding tert-OH is 2. The summed E-state index contributed by atoms with van der Waals surface area (Å²) in [5.74, 6) is -0.682. The lowest BCUT2D eigenvalue weighted by Gasteiger charge is -2.60. The molecule has 1 heterocycles. The number of aldehydes is 1. The smallest absolute Gasteiger partial charge is 0.415 e. The fourth-order valence-corrected chi connectivity index (χ4v) is 9.10. The Morgan fingerprint density at radius 3 is 2.39 bits per heavy atom. The molecule has 14 nitrogen and oxygen atoms in total. The fraction of sp³-hybridized carbons (Fsp3) is 0.479. The summed E-state index contributed by atoms with van der Waals surface area (Å²) in [5, 5.41) is 36.1. The molecule has 14 heteroatoms. The molecular weight excluding hydrogens is 795 g/mol. The van der Waals surface area contributed by atoms with Crippen molar-refractivity contribution in [1.29, 1.82) is 0 Å². The van der Waals surface area contributed by atoms with Gasteiger partial charge in [0.2, 0.25) is 5.79 Å². The van der Waals surface area contributed by atoms with Crippen molar-refractivity contribution in [3.8, 4) is 23.0 Å². The lowest BCUT2D eigenvalue weighted by atomic mass is 9.55. The summed E-state index contributed by atoms with van der Waals surface area (Å²) in [5.41, 5.74) is 2.07. The molecule has 332 valence electrons. The second kappa shape index (κ2) is 20.5. The van der Waals surface area contributed by atoms with Crippen molar-refractivity contribution in [2.24, 2.45) is 22.9 Å². The topological polar surface area (TPSA) is 179 Å². The number of hydrogen-bond acceptors (Lipinski definition) is 12. The van der Waals surface area contributed by atoms with Crippen molar-refractivity contribution in [3.05, 3.63) is 112 Å². The number of allylic oxidation sites excluding steroid dienone is 1. The van der Waals surface area contributed by atoms with Crippen LogP contribution in [0.15, 0.2) is 96.2 Å². The number of ether oxygens (including phenoxy) is 4. The molecule has 2 N–H and O–H groups in total. The highest BCUT2D eigenvalue weighted by atomic mass is 16.7. The third-order valence-electron chi connectivity index (χ3n) is 11.6. The number of fused-ring (bicyclic) bond motifs is 2. The van der Waals surface area contributed by atoms with Crippen molar-refractivity contribution < 1.29 is 48.5 Å². The number of hydrogen-bond donors (Lipinski definition) is 2. The average Bonchev–Trinajstić information content (AvgIpc) is 3.25. The number of nitro benzene ring substituents is 1. The number of oxime groups is 1. The van der Waals surface area contributed by atoms with E-state index in [1.54, 1.807) is 35.2 Å². The van der Waals surface area contributed by atoms with Crippen LogP contribution in [0, 0.1) is 27.9 Å². The van der Waals surface area contributed by atoms with Crippen LogP contribution in [0.1, 0.15) is 101 Å². The zero-order valence-electron chi connectivity index (χ0n) is 36.1. The van der Waals surface area contributed by atoms with Gasteiger partial charge in [0.1, 0.15) is 40.9 Å². The van der Waals surface area contributed by atoms with Crippen molar-refractivity contribution in [3.63, 3.8) is 0 Å². The Kier molecular flexibility index (Phi) is 15.2. The Morgan fingerprint density at radius 2 is 1.73 bits per heavy atom. The van der Waals surface area contributed by atoms with Gasteiger partial charge in [-0.05, 0) is 113 Å². The van der Waals surface area contributed by atoms with Gasteiger partial charge in [0.05, 0.1) is 23.2 Å². The van der Waals surface area contributed by atoms with Crippen LogP contribution in [0.3, 0.4) is 0 Å². The van der Waals surface area contributed by atoms with E-state index in [1.807, 2.05) is 45.9 Å². The van der Waals surface area contributed by atoms with Crippen LogP contribution in [-0.2, 0) is 9.57 Å². The van der Waals surface area contributed by atoms with Crippen molar-refractivity contribution in [2.75, 3.05) is 26.4 Å². The minimum absolute atomic E-state index is 0.0172. The largest absolute Gasteiger partial charge is 0.459 e. The van der Waals surface area contributed by atoms with E-state index in [9.17, 15) is 29.9 Å². The summed E-state index contributed by atoms with van der Waals surface area (Å²) in [4.78, 5) is 44.9. The number of benzene rings is 3. The van der Waals surface area contributed by atoms with E-state index < -0.39 is 34.4 Å². The van der Waals surface area contributed by atoms with E-state index in [1.165, 1.54) is 24.3 Å². The van der Waals surface area contributed by atoms with E-state index in [0.717, 1.165) is 43.1 Å². The molecule has 1 saturated carbocycles. The van der Waals surface area contributed by atoms with Gasteiger partial charge in [0, 0.05) is 55.4 Å². The lowest BCUT2D eigenvalue weighted by Crippen LogP contribution is -2.70. The first kappa shape index (κ1) is 45.9. The highest BCUT2D eigenvalue weighted by Crippen LogP contribution is 2.62. The molecule has 1 aliphatic heterocycles. The average molecular weight is 854 g/mol. The van der Waals surface area contributed by atoms with Gasteiger partial charge in [0.15, 0.2) is 0 Å². The summed E-state index contributed by atoms with van der Waals surface area (Å²) in [6, 6.07) is 17.1. The predicted molar refractivity (Wildman–Crippen MR) is 234 cm³/mol. The van der Waals surface area contributed by atoms with Crippen LogP contribution in [-0.4, -0.2) is 81.9 Å². The van der Waals surface area contributed by atoms with Gasteiger partial charge in [0.25, 0.3) is 5.69 Å². The van der Waals surface area contributed by atoms with Gasteiger partial charge in [-0.25, -0.2) is 4.79 Å². The quantitative estimate of drug-likeness (QED) is 0.0363. The molecule has 3 aromatic rings. The highest BCUT2D eigenvalue weighted by molar-refractivity contribution is 6.03. The zero-order valence-corrected chi connectivity index (χ0v) is 36.1. The summed E-state index contributed by atoms with van der Waals surface area (Å²) in [7, 11) is 0. The maximum atomic E-state index is 14.6. The van der Waals surface area contributed by atoms with Crippen LogP contribution < -0.4 is 14.2 Å². The molecule has 6 rings (SSSR count). The van der Waals surface area contributed by atoms with Gasteiger partial charge in [-0.15, -0.1) is 6.58 Å². The van der Waals surface area contributed by atoms with Crippen LogP contribution in [0.25, 0.3) is 0 Å². The minimum atomic E-state index is -1.52. The number of non-ortho nitro benzene ring substituents is 1.